The Hall–Kier alpha value is -2.76. The summed E-state index contributed by atoms with van der Waals surface area (Å²) in [6, 6.07) is 9.75. The maximum atomic E-state index is 12.4. The van der Waals surface area contributed by atoms with E-state index in [0.717, 1.165) is 35.1 Å². The molecule has 136 valence electrons. The van der Waals surface area contributed by atoms with E-state index in [1.807, 2.05) is 51.1 Å². The van der Waals surface area contributed by atoms with Crippen molar-refractivity contribution >= 4 is 34.1 Å². The zero-order valence-electron chi connectivity index (χ0n) is 15.3. The van der Waals surface area contributed by atoms with Crippen molar-refractivity contribution < 1.29 is 14.3 Å². The van der Waals surface area contributed by atoms with Crippen LogP contribution in [0.4, 0.5) is 16.2 Å². The van der Waals surface area contributed by atoms with Gasteiger partial charge in [-0.3, -0.25) is 9.69 Å². The van der Waals surface area contributed by atoms with Gasteiger partial charge in [0.25, 0.3) is 5.91 Å². The molecule has 1 fully saturated rings. The molecule has 0 unspecified atom stereocenters. The second-order valence-corrected chi connectivity index (χ2v) is 7.82. The molecule has 0 aromatic heterocycles. The van der Waals surface area contributed by atoms with Crippen molar-refractivity contribution in [2.24, 2.45) is 0 Å². The third-order valence-corrected chi connectivity index (χ3v) is 4.70. The van der Waals surface area contributed by atoms with E-state index in [1.54, 1.807) is 4.90 Å². The van der Waals surface area contributed by atoms with Gasteiger partial charge in [-0.2, -0.15) is 0 Å². The number of nitrogens with zero attached hydrogens (tertiary/aromatic N) is 2. The third kappa shape index (κ3) is 2.85. The van der Waals surface area contributed by atoms with Gasteiger partial charge in [0.2, 0.25) is 0 Å². The predicted molar refractivity (Wildman–Crippen MR) is 102 cm³/mol. The van der Waals surface area contributed by atoms with Crippen molar-refractivity contribution in [1.82, 2.24) is 4.90 Å². The Labute approximate surface area is 152 Å². The molecular weight excluding hydrogens is 330 g/mol. The summed E-state index contributed by atoms with van der Waals surface area (Å²) in [4.78, 5) is 28.5. The number of rotatable bonds is 1. The van der Waals surface area contributed by atoms with Gasteiger partial charge in [0.1, 0.15) is 5.60 Å². The Bertz CT molecular complexity index is 901. The van der Waals surface area contributed by atoms with E-state index in [2.05, 4.69) is 10.2 Å². The minimum atomic E-state index is -0.507. The minimum absolute atomic E-state index is 0.0585. The lowest BCUT2D eigenvalue weighted by atomic mass is 10.0. The monoisotopic (exact) mass is 353 g/mol. The zero-order valence-corrected chi connectivity index (χ0v) is 15.3. The van der Waals surface area contributed by atoms with Crippen LogP contribution in [0.15, 0.2) is 30.3 Å². The average Bonchev–Trinajstić information content (AvgIpc) is 2.91. The SMILES string of the molecule is CC(C)(C)OC(=O)N1CCCN(c2ccc3c4c(cccc24)NC3=O)C1. The van der Waals surface area contributed by atoms with E-state index in [-0.39, 0.29) is 12.0 Å². The van der Waals surface area contributed by atoms with Crippen LogP contribution in [-0.4, -0.2) is 42.3 Å². The molecule has 2 aliphatic heterocycles. The molecular formula is C20H23N3O3. The van der Waals surface area contributed by atoms with Crippen molar-refractivity contribution in [3.8, 4) is 0 Å². The number of hydrogen-bond donors (Lipinski definition) is 1. The molecule has 2 aliphatic rings. The lowest BCUT2D eigenvalue weighted by molar-refractivity contribution is 0.0226. The normalized spacial score (nSPS) is 16.8. The fourth-order valence-corrected chi connectivity index (χ4v) is 3.62. The highest BCUT2D eigenvalue weighted by Gasteiger charge is 2.29. The molecule has 6 nitrogen and oxygen atoms in total. The van der Waals surface area contributed by atoms with Crippen molar-refractivity contribution in [3.63, 3.8) is 0 Å². The molecule has 2 amide bonds. The van der Waals surface area contributed by atoms with Crippen molar-refractivity contribution in [1.29, 1.82) is 0 Å². The van der Waals surface area contributed by atoms with Crippen LogP contribution in [0.25, 0.3) is 10.8 Å². The van der Waals surface area contributed by atoms with Crippen LogP contribution < -0.4 is 10.2 Å². The maximum absolute atomic E-state index is 12.4. The molecule has 26 heavy (non-hydrogen) atoms. The van der Waals surface area contributed by atoms with E-state index in [9.17, 15) is 9.59 Å². The molecule has 0 saturated carbocycles. The lowest BCUT2D eigenvalue weighted by Gasteiger charge is -2.38. The van der Waals surface area contributed by atoms with Crippen LogP contribution >= 0.6 is 0 Å². The van der Waals surface area contributed by atoms with Crippen molar-refractivity contribution in [2.75, 3.05) is 30.0 Å². The highest BCUT2D eigenvalue weighted by molar-refractivity contribution is 6.25. The van der Waals surface area contributed by atoms with Crippen LogP contribution in [0.5, 0.6) is 0 Å². The number of hydrogen-bond acceptors (Lipinski definition) is 4. The largest absolute Gasteiger partial charge is 0.444 e. The summed E-state index contributed by atoms with van der Waals surface area (Å²) < 4.78 is 5.52. The average molecular weight is 353 g/mol. The Morgan fingerprint density at radius 3 is 2.73 bits per heavy atom. The van der Waals surface area contributed by atoms with Gasteiger partial charge >= 0.3 is 6.09 Å². The fraction of sp³-hybridized carbons (Fsp3) is 0.400. The first-order chi connectivity index (χ1) is 12.3. The Balaban J connectivity index is 1.65. The molecule has 0 spiro atoms. The van der Waals surface area contributed by atoms with E-state index in [4.69, 9.17) is 4.74 Å². The molecule has 0 bridgehead atoms. The number of benzene rings is 2. The summed E-state index contributed by atoms with van der Waals surface area (Å²) in [5.41, 5.74) is 2.09. The molecule has 0 radical (unpaired) electrons. The van der Waals surface area contributed by atoms with E-state index < -0.39 is 5.60 Å². The first-order valence-corrected chi connectivity index (χ1v) is 8.93. The van der Waals surface area contributed by atoms with Gasteiger partial charge in [-0.05, 0) is 45.4 Å². The number of carbonyl (C=O) groups excluding carboxylic acids is 2. The standard InChI is InChI=1S/C20H23N3O3/c1-20(2,3)26-19(25)23-11-5-10-22(12-23)16-9-8-14-17-13(16)6-4-7-15(17)21-18(14)24/h4,6-9H,5,10-12H2,1-3H3,(H,21,24). The number of anilines is 2. The molecule has 6 heteroatoms. The van der Waals surface area contributed by atoms with Gasteiger partial charge in [0, 0.05) is 40.8 Å². The van der Waals surface area contributed by atoms with Crippen molar-refractivity contribution in [2.45, 2.75) is 32.8 Å². The first kappa shape index (κ1) is 16.7. The van der Waals surface area contributed by atoms with Gasteiger partial charge in [-0.15, -0.1) is 0 Å². The lowest BCUT2D eigenvalue weighted by Crippen LogP contribution is -2.49. The number of nitrogens with one attached hydrogen (secondary N) is 1. The molecule has 2 aromatic carbocycles. The van der Waals surface area contributed by atoms with Gasteiger partial charge in [0.05, 0.1) is 6.67 Å². The zero-order chi connectivity index (χ0) is 18.5. The van der Waals surface area contributed by atoms with Crippen LogP contribution in [-0.2, 0) is 4.74 Å². The minimum Gasteiger partial charge on any atom is -0.444 e. The molecule has 2 aromatic rings. The smallest absolute Gasteiger partial charge is 0.411 e. The third-order valence-electron chi connectivity index (χ3n) is 4.70. The summed E-state index contributed by atoms with van der Waals surface area (Å²) in [5.74, 6) is -0.0585. The summed E-state index contributed by atoms with van der Waals surface area (Å²) in [5, 5.41) is 4.91. The molecule has 4 rings (SSSR count). The van der Waals surface area contributed by atoms with E-state index in [0.29, 0.717) is 18.8 Å². The van der Waals surface area contributed by atoms with Gasteiger partial charge in [0.15, 0.2) is 0 Å². The predicted octanol–water partition coefficient (Wildman–Crippen LogP) is 3.81. The molecule has 1 saturated heterocycles. The number of carbonyl (C=O) groups is 2. The van der Waals surface area contributed by atoms with Crippen LogP contribution in [0.3, 0.4) is 0 Å². The maximum Gasteiger partial charge on any atom is 0.411 e. The summed E-state index contributed by atoms with van der Waals surface area (Å²) >= 11 is 0. The van der Waals surface area contributed by atoms with Crippen LogP contribution in [0.1, 0.15) is 37.6 Å². The Kier molecular flexibility index (Phi) is 3.79. The van der Waals surface area contributed by atoms with Gasteiger partial charge in [-0.25, -0.2) is 4.79 Å². The highest BCUT2D eigenvalue weighted by atomic mass is 16.6. The topological polar surface area (TPSA) is 61.9 Å². The molecule has 0 aliphatic carbocycles. The Morgan fingerprint density at radius 2 is 1.96 bits per heavy atom. The highest BCUT2D eigenvalue weighted by Crippen LogP contribution is 2.38. The summed E-state index contributed by atoms with van der Waals surface area (Å²) in [7, 11) is 0. The second-order valence-electron chi connectivity index (χ2n) is 7.82. The fourth-order valence-electron chi connectivity index (χ4n) is 3.62. The van der Waals surface area contributed by atoms with Crippen LogP contribution in [0, 0.1) is 0 Å². The second kappa shape index (κ2) is 5.90. The van der Waals surface area contributed by atoms with Crippen LogP contribution in [0.2, 0.25) is 0 Å². The summed E-state index contributed by atoms with van der Waals surface area (Å²) in [6.45, 7) is 7.65. The van der Waals surface area contributed by atoms with Gasteiger partial charge in [-0.1, -0.05) is 12.1 Å². The molecule has 2 heterocycles. The summed E-state index contributed by atoms with van der Waals surface area (Å²) in [6.07, 6.45) is 0.587. The first-order valence-electron chi connectivity index (χ1n) is 8.93. The van der Waals surface area contributed by atoms with E-state index in [1.165, 1.54) is 0 Å². The van der Waals surface area contributed by atoms with Crippen molar-refractivity contribution in [3.05, 3.63) is 35.9 Å². The number of amides is 2. The van der Waals surface area contributed by atoms with E-state index >= 15 is 0 Å². The van der Waals surface area contributed by atoms with Gasteiger partial charge < -0.3 is 15.0 Å². The molecule has 1 N–H and O–H groups in total. The Morgan fingerprint density at radius 1 is 1.15 bits per heavy atom. The quantitative estimate of drug-likeness (QED) is 0.847. The number of ether oxygens (including phenoxy) is 1. The molecule has 0 atom stereocenters.